The van der Waals surface area contributed by atoms with E-state index < -0.39 is 20.0 Å². The number of rotatable bonds is 4. The van der Waals surface area contributed by atoms with E-state index in [0.29, 0.717) is 22.9 Å². The molecule has 0 atom stereocenters. The quantitative estimate of drug-likeness (QED) is 0.855. The van der Waals surface area contributed by atoms with Gasteiger partial charge in [0.15, 0.2) is 0 Å². The molecular formula is C16H17ClN2O4S2. The van der Waals surface area contributed by atoms with E-state index in [1.54, 1.807) is 18.2 Å². The van der Waals surface area contributed by atoms with Crippen LogP contribution in [0, 0.1) is 0 Å². The molecule has 0 unspecified atom stereocenters. The first-order chi connectivity index (χ1) is 11.7. The van der Waals surface area contributed by atoms with Crippen molar-refractivity contribution < 1.29 is 16.8 Å². The summed E-state index contributed by atoms with van der Waals surface area (Å²) < 4.78 is 52.7. The van der Waals surface area contributed by atoms with Gasteiger partial charge in [-0.25, -0.2) is 16.8 Å². The van der Waals surface area contributed by atoms with Crippen molar-refractivity contribution in [2.24, 2.45) is 0 Å². The first-order valence-corrected chi connectivity index (χ1v) is 11.3. The van der Waals surface area contributed by atoms with Crippen LogP contribution in [0.5, 0.6) is 0 Å². The maximum Gasteiger partial charge on any atom is 0.261 e. The molecule has 0 radical (unpaired) electrons. The van der Waals surface area contributed by atoms with Crippen molar-refractivity contribution in [3.05, 3.63) is 53.1 Å². The highest BCUT2D eigenvalue weighted by molar-refractivity contribution is 7.92. The molecule has 134 valence electrons. The standard InChI is InChI=1S/C16H17ClN2O4S2/c1-24(20,21)19-10-2-3-12-4-7-14(11-16(12)19)18-25(22,23)15-8-5-13(17)6-9-15/h4-9,11,18H,2-3,10H2,1H3. The van der Waals surface area contributed by atoms with Crippen LogP contribution in [0.3, 0.4) is 0 Å². The van der Waals surface area contributed by atoms with E-state index in [1.807, 2.05) is 0 Å². The van der Waals surface area contributed by atoms with Crippen LogP contribution in [0.25, 0.3) is 0 Å². The lowest BCUT2D eigenvalue weighted by Crippen LogP contribution is -2.34. The predicted octanol–water partition coefficient (Wildman–Crippen LogP) is 2.85. The Kier molecular flexibility index (Phi) is 4.70. The van der Waals surface area contributed by atoms with Gasteiger partial charge in [0.05, 0.1) is 22.5 Å². The summed E-state index contributed by atoms with van der Waals surface area (Å²) in [5.74, 6) is 0. The maximum atomic E-state index is 12.5. The largest absolute Gasteiger partial charge is 0.280 e. The molecule has 0 aliphatic carbocycles. The molecule has 9 heteroatoms. The molecule has 0 bridgehead atoms. The van der Waals surface area contributed by atoms with Crippen LogP contribution < -0.4 is 9.03 Å². The molecule has 0 spiro atoms. The summed E-state index contributed by atoms with van der Waals surface area (Å²) in [6.45, 7) is 0.388. The van der Waals surface area contributed by atoms with E-state index in [1.165, 1.54) is 28.6 Å². The van der Waals surface area contributed by atoms with Crippen molar-refractivity contribution in [3.63, 3.8) is 0 Å². The average molecular weight is 401 g/mol. The van der Waals surface area contributed by atoms with Gasteiger partial charge in [0.1, 0.15) is 0 Å². The van der Waals surface area contributed by atoms with Gasteiger partial charge in [-0.3, -0.25) is 9.03 Å². The zero-order valence-electron chi connectivity index (χ0n) is 13.4. The second-order valence-electron chi connectivity index (χ2n) is 5.84. The fourth-order valence-corrected chi connectivity index (χ4v) is 4.94. The Balaban J connectivity index is 1.95. The number of hydrogen-bond acceptors (Lipinski definition) is 4. The minimum atomic E-state index is -3.79. The van der Waals surface area contributed by atoms with E-state index in [4.69, 9.17) is 11.6 Å². The molecule has 1 aliphatic heterocycles. The molecule has 0 saturated heterocycles. The zero-order chi connectivity index (χ0) is 18.2. The Bertz CT molecular complexity index is 1000. The second kappa shape index (κ2) is 6.51. The summed E-state index contributed by atoms with van der Waals surface area (Å²) in [6.07, 6.45) is 2.63. The van der Waals surface area contributed by atoms with Gasteiger partial charge in [-0.05, 0) is 54.8 Å². The normalized spacial score (nSPS) is 14.9. The van der Waals surface area contributed by atoms with Crippen LogP contribution in [0.1, 0.15) is 12.0 Å². The van der Waals surface area contributed by atoms with E-state index in [9.17, 15) is 16.8 Å². The van der Waals surface area contributed by atoms with Crippen LogP contribution >= 0.6 is 11.6 Å². The number of sulfonamides is 2. The molecule has 6 nitrogen and oxygen atoms in total. The number of anilines is 2. The molecule has 0 aromatic heterocycles. The van der Waals surface area contributed by atoms with E-state index in [0.717, 1.165) is 24.7 Å². The van der Waals surface area contributed by atoms with Crippen LogP contribution in [0.15, 0.2) is 47.4 Å². The highest BCUT2D eigenvalue weighted by Gasteiger charge is 2.25. The summed E-state index contributed by atoms with van der Waals surface area (Å²) >= 11 is 5.78. The van der Waals surface area contributed by atoms with Gasteiger partial charge >= 0.3 is 0 Å². The third-order valence-electron chi connectivity index (χ3n) is 3.94. The van der Waals surface area contributed by atoms with Crippen molar-refractivity contribution in [2.75, 3.05) is 21.8 Å². The number of fused-ring (bicyclic) bond motifs is 1. The Hall–Kier alpha value is -1.77. The molecule has 25 heavy (non-hydrogen) atoms. The second-order valence-corrected chi connectivity index (χ2v) is 9.87. The Morgan fingerprint density at radius 3 is 2.36 bits per heavy atom. The average Bonchev–Trinajstić information content (AvgIpc) is 2.53. The van der Waals surface area contributed by atoms with Gasteiger partial charge in [-0.15, -0.1) is 0 Å². The van der Waals surface area contributed by atoms with Gasteiger partial charge in [0.25, 0.3) is 10.0 Å². The highest BCUT2D eigenvalue weighted by atomic mass is 35.5. The first-order valence-electron chi connectivity index (χ1n) is 7.56. The number of nitrogens with zero attached hydrogens (tertiary/aromatic N) is 1. The maximum absolute atomic E-state index is 12.5. The van der Waals surface area contributed by atoms with E-state index >= 15 is 0 Å². The van der Waals surface area contributed by atoms with Crippen molar-refractivity contribution in [3.8, 4) is 0 Å². The summed E-state index contributed by atoms with van der Waals surface area (Å²) in [6, 6.07) is 10.8. The zero-order valence-corrected chi connectivity index (χ0v) is 15.8. The summed E-state index contributed by atoms with van der Waals surface area (Å²) in [7, 11) is -7.20. The van der Waals surface area contributed by atoms with E-state index in [-0.39, 0.29) is 4.90 Å². The van der Waals surface area contributed by atoms with Gasteiger partial charge in [0, 0.05) is 11.6 Å². The molecule has 1 N–H and O–H groups in total. The number of nitrogens with one attached hydrogen (secondary N) is 1. The first kappa shape index (κ1) is 18.0. The van der Waals surface area contributed by atoms with Crippen LogP contribution in [-0.4, -0.2) is 29.6 Å². The number of benzene rings is 2. The fraction of sp³-hybridized carbons (Fsp3) is 0.250. The molecule has 3 rings (SSSR count). The summed E-state index contributed by atoms with van der Waals surface area (Å²) in [5, 5.41) is 0.441. The Labute approximate surface area is 152 Å². The Morgan fingerprint density at radius 1 is 1.04 bits per heavy atom. The fourth-order valence-electron chi connectivity index (χ4n) is 2.78. The predicted molar refractivity (Wildman–Crippen MR) is 99.2 cm³/mol. The van der Waals surface area contributed by atoms with Crippen LogP contribution in [0.2, 0.25) is 5.02 Å². The SMILES string of the molecule is CS(=O)(=O)N1CCCc2ccc(NS(=O)(=O)c3ccc(Cl)cc3)cc21. The monoisotopic (exact) mass is 400 g/mol. The topological polar surface area (TPSA) is 83.6 Å². The van der Waals surface area contributed by atoms with Crippen molar-refractivity contribution in [1.29, 1.82) is 0 Å². The van der Waals surface area contributed by atoms with Gasteiger partial charge in [-0.2, -0.15) is 0 Å². The minimum absolute atomic E-state index is 0.0783. The highest BCUT2D eigenvalue weighted by Crippen LogP contribution is 2.32. The molecule has 1 heterocycles. The van der Waals surface area contributed by atoms with Crippen molar-refractivity contribution >= 4 is 43.0 Å². The molecular weight excluding hydrogens is 384 g/mol. The van der Waals surface area contributed by atoms with Crippen LogP contribution in [0.4, 0.5) is 11.4 Å². The molecule has 0 fully saturated rings. The third kappa shape index (κ3) is 3.91. The lowest BCUT2D eigenvalue weighted by molar-refractivity contribution is 0.592. The van der Waals surface area contributed by atoms with Crippen LogP contribution in [-0.2, 0) is 26.5 Å². The smallest absolute Gasteiger partial charge is 0.261 e. The molecule has 0 saturated carbocycles. The van der Waals surface area contributed by atoms with Gasteiger partial charge < -0.3 is 0 Å². The molecule has 1 aliphatic rings. The van der Waals surface area contributed by atoms with Gasteiger partial charge in [0.2, 0.25) is 10.0 Å². The minimum Gasteiger partial charge on any atom is -0.280 e. The van der Waals surface area contributed by atoms with E-state index in [2.05, 4.69) is 4.72 Å². The van der Waals surface area contributed by atoms with Gasteiger partial charge in [-0.1, -0.05) is 17.7 Å². The number of halogens is 1. The molecule has 0 amide bonds. The Morgan fingerprint density at radius 2 is 1.72 bits per heavy atom. The lowest BCUT2D eigenvalue weighted by Gasteiger charge is -2.29. The third-order valence-corrected chi connectivity index (χ3v) is 6.77. The summed E-state index contributed by atoms with van der Waals surface area (Å²) in [4.78, 5) is 0.0783. The number of aryl methyl sites for hydroxylation is 1. The van der Waals surface area contributed by atoms with Crippen molar-refractivity contribution in [2.45, 2.75) is 17.7 Å². The molecule has 2 aromatic rings. The van der Waals surface area contributed by atoms with Crippen molar-refractivity contribution in [1.82, 2.24) is 0 Å². The lowest BCUT2D eigenvalue weighted by atomic mass is 10.0. The summed E-state index contributed by atoms with van der Waals surface area (Å²) in [5.41, 5.74) is 1.71. The molecule has 2 aromatic carbocycles. The number of hydrogen-bond donors (Lipinski definition) is 1.